The van der Waals surface area contributed by atoms with Crippen LogP contribution in [-0.2, 0) is 39.8 Å². The number of epoxide rings is 1. The minimum atomic E-state index is -1.40. The third kappa shape index (κ3) is 3.58. The van der Waals surface area contributed by atoms with Crippen LogP contribution in [0.15, 0.2) is 16.7 Å². The molecule has 2 spiro atoms. The van der Waals surface area contributed by atoms with Crippen molar-refractivity contribution < 1.29 is 48.0 Å². The lowest BCUT2D eigenvalue weighted by Gasteiger charge is -2.66. The molecule has 7 rings (SSSR count). The average Bonchev–Trinajstić information content (AvgIpc) is 3.51. The van der Waals surface area contributed by atoms with Crippen molar-refractivity contribution in [2.24, 2.45) is 28.1 Å². The summed E-state index contributed by atoms with van der Waals surface area (Å²) in [7, 11) is 0. The van der Waals surface area contributed by atoms with Crippen LogP contribution < -0.4 is 0 Å². The van der Waals surface area contributed by atoms with E-state index < -0.39 is 63.8 Å². The summed E-state index contributed by atoms with van der Waals surface area (Å²) in [5, 5.41) is 21.1. The third-order valence-corrected chi connectivity index (χ3v) is 12.5. The number of ketones is 1. The number of aryl methyl sites for hydroxylation is 1. The average molecular weight is 601 g/mol. The molecule has 5 heterocycles. The van der Waals surface area contributed by atoms with Crippen LogP contribution >= 0.6 is 0 Å². The molecule has 4 saturated heterocycles. The van der Waals surface area contributed by atoms with Crippen LogP contribution in [0.3, 0.4) is 0 Å². The molecule has 236 valence electrons. The highest BCUT2D eigenvalue weighted by molar-refractivity contribution is 5.92. The van der Waals surface area contributed by atoms with Crippen molar-refractivity contribution in [1.29, 1.82) is 0 Å². The van der Waals surface area contributed by atoms with Gasteiger partial charge in [-0.05, 0) is 51.5 Å². The molecule has 4 aliphatic heterocycles. The molecule has 2 aliphatic carbocycles. The molecular formula is C33H44O10. The van der Waals surface area contributed by atoms with Gasteiger partial charge in [-0.2, -0.15) is 0 Å². The molecular weight excluding hydrogens is 556 g/mol. The van der Waals surface area contributed by atoms with Crippen LogP contribution in [0.2, 0.25) is 0 Å². The second-order valence-corrected chi connectivity index (χ2v) is 14.8. The van der Waals surface area contributed by atoms with E-state index >= 15 is 0 Å². The lowest BCUT2D eigenvalue weighted by molar-refractivity contribution is -0.252. The number of esters is 2. The molecule has 6 fully saturated rings. The largest absolute Gasteiger partial charge is 0.469 e. The maximum absolute atomic E-state index is 14.3. The first-order chi connectivity index (χ1) is 20.4. The van der Waals surface area contributed by atoms with Crippen LogP contribution in [0.5, 0.6) is 0 Å². The Hall–Kier alpha value is -2.27. The van der Waals surface area contributed by atoms with E-state index in [0.717, 1.165) is 43.4 Å². The number of carbonyl (C=O) groups excluding carboxylic acids is 3. The van der Waals surface area contributed by atoms with Gasteiger partial charge in [-0.3, -0.25) is 9.59 Å². The fraction of sp³-hybridized carbons (Fsp3) is 0.788. The van der Waals surface area contributed by atoms with Gasteiger partial charge in [0.1, 0.15) is 30.2 Å². The predicted molar refractivity (Wildman–Crippen MR) is 149 cm³/mol. The van der Waals surface area contributed by atoms with Crippen molar-refractivity contribution in [3.63, 3.8) is 0 Å². The highest BCUT2D eigenvalue weighted by Crippen LogP contribution is 2.80. The number of carbonyl (C=O) groups is 3. The van der Waals surface area contributed by atoms with Crippen molar-refractivity contribution in [2.45, 2.75) is 121 Å². The normalized spacial score (nSPS) is 45.7. The standard InChI is InChI=1S/C33H44O10/c1-29(2)24-23(36)25(37)31(4)20(32(24)17-40-22(35)16-21(32)42-29)11-13-30(3)26(41-28(38)27-33(30,31)43-27)18-12-15-39-19(18)10-8-6-5-7-9-14-34/h12,15,20-21,24-27,34,37H,5-11,13-14,16-17H2,1-4H3. The number of furan rings is 1. The number of aliphatic hydroxyl groups is 2. The second-order valence-electron chi connectivity index (χ2n) is 14.8. The Morgan fingerprint density at radius 2 is 1.72 bits per heavy atom. The Morgan fingerprint density at radius 3 is 2.49 bits per heavy atom. The van der Waals surface area contributed by atoms with Gasteiger partial charge in [-0.25, -0.2) is 4.79 Å². The summed E-state index contributed by atoms with van der Waals surface area (Å²) >= 11 is 0. The third-order valence-electron chi connectivity index (χ3n) is 12.5. The van der Waals surface area contributed by atoms with Gasteiger partial charge >= 0.3 is 11.9 Å². The molecule has 1 aromatic heterocycles. The first-order valence-electron chi connectivity index (χ1n) is 16.0. The molecule has 10 heteroatoms. The zero-order valence-corrected chi connectivity index (χ0v) is 25.6. The number of unbranched alkanes of at least 4 members (excludes halogenated alkanes) is 4. The van der Waals surface area contributed by atoms with Crippen molar-refractivity contribution >= 4 is 17.7 Å². The van der Waals surface area contributed by atoms with Crippen LogP contribution in [0.4, 0.5) is 0 Å². The van der Waals surface area contributed by atoms with Gasteiger partial charge < -0.3 is 33.6 Å². The van der Waals surface area contributed by atoms with E-state index in [1.54, 1.807) is 6.26 Å². The molecule has 6 aliphatic rings. The Labute approximate surface area is 251 Å². The fourth-order valence-electron chi connectivity index (χ4n) is 10.8. The zero-order valence-electron chi connectivity index (χ0n) is 25.6. The predicted octanol–water partition coefficient (Wildman–Crippen LogP) is 3.59. The van der Waals surface area contributed by atoms with E-state index in [1.807, 2.05) is 26.8 Å². The van der Waals surface area contributed by atoms with E-state index in [-0.39, 0.29) is 37.3 Å². The van der Waals surface area contributed by atoms with E-state index in [1.165, 1.54) is 0 Å². The number of fused-ring (bicyclic) bond motifs is 1. The number of ether oxygens (including phenoxy) is 4. The van der Waals surface area contributed by atoms with E-state index in [9.17, 15) is 19.5 Å². The van der Waals surface area contributed by atoms with Crippen LogP contribution in [0.1, 0.15) is 96.5 Å². The minimum absolute atomic E-state index is 0.0405. The number of aliphatic hydroxyl groups excluding tert-OH is 2. The quantitative estimate of drug-likeness (QED) is 0.258. The Morgan fingerprint density at radius 1 is 0.977 bits per heavy atom. The van der Waals surface area contributed by atoms with Crippen LogP contribution in [-0.4, -0.2) is 70.7 Å². The maximum atomic E-state index is 14.3. The van der Waals surface area contributed by atoms with Crippen LogP contribution in [0, 0.1) is 28.1 Å². The minimum Gasteiger partial charge on any atom is -0.469 e. The molecule has 0 amide bonds. The van der Waals surface area contributed by atoms with Crippen molar-refractivity contribution in [3.05, 3.63) is 23.7 Å². The highest BCUT2D eigenvalue weighted by atomic mass is 16.7. The van der Waals surface area contributed by atoms with Gasteiger partial charge in [0.2, 0.25) is 0 Å². The van der Waals surface area contributed by atoms with Gasteiger partial charge in [-0.1, -0.05) is 33.1 Å². The summed E-state index contributed by atoms with van der Waals surface area (Å²) in [6, 6.07) is 1.87. The van der Waals surface area contributed by atoms with E-state index in [4.69, 9.17) is 28.5 Å². The Kier molecular flexibility index (Phi) is 6.58. The molecule has 10 unspecified atom stereocenters. The smallest absolute Gasteiger partial charge is 0.339 e. The van der Waals surface area contributed by atoms with Gasteiger partial charge in [-0.15, -0.1) is 0 Å². The number of hydrogen-bond acceptors (Lipinski definition) is 10. The molecule has 10 nitrogen and oxygen atoms in total. The number of rotatable bonds is 8. The van der Waals surface area contributed by atoms with Gasteiger partial charge in [0.15, 0.2) is 11.9 Å². The number of hydrogen-bond donors (Lipinski definition) is 2. The molecule has 43 heavy (non-hydrogen) atoms. The van der Waals surface area contributed by atoms with Crippen molar-refractivity contribution in [1.82, 2.24) is 0 Å². The molecule has 10 atom stereocenters. The summed E-state index contributed by atoms with van der Waals surface area (Å²) in [6.07, 6.45) is 4.80. The lowest BCUT2D eigenvalue weighted by atomic mass is 9.36. The fourth-order valence-corrected chi connectivity index (χ4v) is 10.8. The SMILES string of the molecule is CC1(C)OC2CC(=O)OCC23C1C(=O)C(O)C1(C)C3CCC2(C)C(c3ccoc3CCCCCCCO)OC(=O)C3OC321. The number of Topliss-reactive ketones (excluding diaryl/α,β-unsaturated/α-hetero) is 1. The molecule has 2 N–H and O–H groups in total. The number of cyclic esters (lactones) is 2. The van der Waals surface area contributed by atoms with Crippen molar-refractivity contribution in [3.8, 4) is 0 Å². The maximum Gasteiger partial charge on any atom is 0.339 e. The van der Waals surface area contributed by atoms with Gasteiger partial charge in [0, 0.05) is 34.8 Å². The van der Waals surface area contributed by atoms with Crippen LogP contribution in [0.25, 0.3) is 0 Å². The molecule has 0 aromatic carbocycles. The Bertz CT molecular complexity index is 1330. The summed E-state index contributed by atoms with van der Waals surface area (Å²) in [5.74, 6) is -1.37. The van der Waals surface area contributed by atoms with E-state index in [0.29, 0.717) is 19.3 Å². The van der Waals surface area contributed by atoms with E-state index in [2.05, 4.69) is 6.92 Å². The molecule has 0 bridgehead atoms. The molecule has 1 aromatic rings. The molecule has 0 radical (unpaired) electrons. The summed E-state index contributed by atoms with van der Waals surface area (Å²) in [5.41, 5.74) is -3.98. The first kappa shape index (κ1) is 29.4. The van der Waals surface area contributed by atoms with Gasteiger partial charge in [0.05, 0.1) is 30.3 Å². The summed E-state index contributed by atoms with van der Waals surface area (Å²) in [4.78, 5) is 40.4. The second kappa shape index (κ2) is 9.61. The highest BCUT2D eigenvalue weighted by Gasteiger charge is 2.90. The monoisotopic (exact) mass is 600 g/mol. The van der Waals surface area contributed by atoms with Crippen molar-refractivity contribution in [2.75, 3.05) is 13.2 Å². The molecule has 2 saturated carbocycles. The first-order valence-corrected chi connectivity index (χ1v) is 16.0. The lowest BCUT2D eigenvalue weighted by Crippen LogP contribution is -2.76. The summed E-state index contributed by atoms with van der Waals surface area (Å²) < 4.78 is 30.8. The Balaban J connectivity index is 1.27. The summed E-state index contributed by atoms with van der Waals surface area (Å²) in [6.45, 7) is 7.93. The topological polar surface area (TPSA) is 145 Å². The zero-order chi connectivity index (χ0) is 30.6. The van der Waals surface area contributed by atoms with Gasteiger partial charge in [0.25, 0.3) is 0 Å².